The first kappa shape index (κ1) is 16.7. The summed E-state index contributed by atoms with van der Waals surface area (Å²) in [6, 6.07) is 22.4. The molecule has 132 valence electrons. The van der Waals surface area contributed by atoms with Gasteiger partial charge in [0.15, 0.2) is 0 Å². The summed E-state index contributed by atoms with van der Waals surface area (Å²) in [6.07, 6.45) is 1.74. The van der Waals surface area contributed by atoms with Gasteiger partial charge in [0.25, 0.3) is 5.91 Å². The van der Waals surface area contributed by atoms with Crippen LogP contribution in [0.1, 0.15) is 10.4 Å². The number of methoxy groups -OCH3 is 1. The zero-order valence-corrected chi connectivity index (χ0v) is 14.7. The molecule has 0 radical (unpaired) electrons. The minimum atomic E-state index is -0.228. The first-order valence-corrected chi connectivity index (χ1v) is 8.51. The van der Waals surface area contributed by atoms with Gasteiger partial charge in [0.05, 0.1) is 35.6 Å². The number of hydrogen-bond acceptors (Lipinski definition) is 4. The zero-order chi connectivity index (χ0) is 18.6. The lowest BCUT2D eigenvalue weighted by Crippen LogP contribution is -2.13. The minimum Gasteiger partial charge on any atom is -0.496 e. The summed E-state index contributed by atoms with van der Waals surface area (Å²) >= 11 is 0. The molecule has 27 heavy (non-hydrogen) atoms. The van der Waals surface area contributed by atoms with Crippen LogP contribution in [0.3, 0.4) is 0 Å². The Labute approximate surface area is 156 Å². The van der Waals surface area contributed by atoms with E-state index in [0.717, 1.165) is 22.3 Å². The Morgan fingerprint density at radius 3 is 2.56 bits per heavy atom. The summed E-state index contributed by atoms with van der Waals surface area (Å²) < 4.78 is 5.26. The SMILES string of the molecule is COc1ccccc1C(=O)Nc1cccc(-c2cnc3ccccc3n2)c1. The van der Waals surface area contributed by atoms with Crippen LogP contribution in [-0.2, 0) is 0 Å². The molecule has 0 saturated carbocycles. The maximum Gasteiger partial charge on any atom is 0.259 e. The van der Waals surface area contributed by atoms with Crippen LogP contribution in [0.2, 0.25) is 0 Å². The maximum atomic E-state index is 12.6. The van der Waals surface area contributed by atoms with Crippen LogP contribution in [0.4, 0.5) is 5.69 Å². The van der Waals surface area contributed by atoms with Gasteiger partial charge in [-0.2, -0.15) is 0 Å². The van der Waals surface area contributed by atoms with Gasteiger partial charge in [0.1, 0.15) is 5.75 Å². The predicted molar refractivity (Wildman–Crippen MR) is 106 cm³/mol. The summed E-state index contributed by atoms with van der Waals surface area (Å²) in [7, 11) is 1.55. The molecule has 3 aromatic carbocycles. The molecule has 0 aliphatic carbocycles. The number of rotatable bonds is 4. The molecule has 0 fully saturated rings. The van der Waals surface area contributed by atoms with Crippen molar-refractivity contribution in [2.75, 3.05) is 12.4 Å². The third-order valence-corrected chi connectivity index (χ3v) is 4.22. The van der Waals surface area contributed by atoms with Crippen molar-refractivity contribution in [1.29, 1.82) is 0 Å². The fourth-order valence-corrected chi connectivity index (χ4v) is 2.88. The van der Waals surface area contributed by atoms with Crippen LogP contribution in [-0.4, -0.2) is 23.0 Å². The van der Waals surface area contributed by atoms with Gasteiger partial charge in [-0.15, -0.1) is 0 Å². The summed E-state index contributed by atoms with van der Waals surface area (Å²) in [6.45, 7) is 0. The Kier molecular flexibility index (Phi) is 4.49. The Morgan fingerprint density at radius 2 is 1.70 bits per heavy atom. The van der Waals surface area contributed by atoms with Crippen LogP contribution in [0, 0.1) is 0 Å². The number of amides is 1. The van der Waals surface area contributed by atoms with Crippen LogP contribution in [0.15, 0.2) is 79.0 Å². The molecule has 1 aromatic heterocycles. The first-order valence-electron chi connectivity index (χ1n) is 8.51. The van der Waals surface area contributed by atoms with Crippen molar-refractivity contribution in [3.05, 3.63) is 84.6 Å². The van der Waals surface area contributed by atoms with E-state index in [0.29, 0.717) is 17.0 Å². The van der Waals surface area contributed by atoms with Gasteiger partial charge < -0.3 is 10.1 Å². The number of nitrogens with one attached hydrogen (secondary N) is 1. The highest BCUT2D eigenvalue weighted by Crippen LogP contribution is 2.24. The van der Waals surface area contributed by atoms with Gasteiger partial charge in [0.2, 0.25) is 0 Å². The Bertz CT molecular complexity index is 1130. The number of nitrogens with zero attached hydrogens (tertiary/aromatic N) is 2. The second-order valence-corrected chi connectivity index (χ2v) is 5.98. The van der Waals surface area contributed by atoms with E-state index in [1.54, 1.807) is 31.5 Å². The molecule has 0 atom stereocenters. The van der Waals surface area contributed by atoms with Crippen molar-refractivity contribution < 1.29 is 9.53 Å². The Balaban J connectivity index is 1.63. The topological polar surface area (TPSA) is 64.1 Å². The van der Waals surface area contributed by atoms with Crippen molar-refractivity contribution in [2.24, 2.45) is 0 Å². The van der Waals surface area contributed by atoms with Gasteiger partial charge in [-0.3, -0.25) is 9.78 Å². The first-order chi connectivity index (χ1) is 13.2. The average Bonchev–Trinajstić information content (AvgIpc) is 2.73. The molecular weight excluding hydrogens is 338 g/mol. The predicted octanol–water partition coefficient (Wildman–Crippen LogP) is 4.56. The maximum absolute atomic E-state index is 12.6. The summed E-state index contributed by atoms with van der Waals surface area (Å²) in [5.74, 6) is 0.306. The highest BCUT2D eigenvalue weighted by atomic mass is 16.5. The number of ether oxygens (including phenoxy) is 1. The van der Waals surface area contributed by atoms with E-state index < -0.39 is 0 Å². The average molecular weight is 355 g/mol. The molecule has 0 aliphatic rings. The molecule has 5 heteroatoms. The van der Waals surface area contributed by atoms with Gasteiger partial charge in [-0.25, -0.2) is 4.98 Å². The smallest absolute Gasteiger partial charge is 0.259 e. The molecule has 0 spiro atoms. The number of fused-ring (bicyclic) bond motifs is 1. The van der Waals surface area contributed by atoms with Crippen molar-refractivity contribution in [2.45, 2.75) is 0 Å². The number of benzene rings is 3. The molecule has 0 saturated heterocycles. The lowest BCUT2D eigenvalue weighted by Gasteiger charge is -2.10. The summed E-state index contributed by atoms with van der Waals surface area (Å²) in [4.78, 5) is 21.7. The molecular formula is C22H17N3O2. The second kappa shape index (κ2) is 7.25. The molecule has 1 N–H and O–H groups in total. The lowest BCUT2D eigenvalue weighted by molar-refractivity contribution is 0.102. The molecule has 4 aromatic rings. The van der Waals surface area contributed by atoms with Gasteiger partial charge in [-0.1, -0.05) is 36.4 Å². The van der Waals surface area contributed by atoms with Crippen molar-refractivity contribution in [3.8, 4) is 17.0 Å². The summed E-state index contributed by atoms with van der Waals surface area (Å²) in [5.41, 5.74) is 4.47. The third-order valence-electron chi connectivity index (χ3n) is 4.22. The number of carbonyl (C=O) groups excluding carboxylic acids is 1. The molecule has 5 nitrogen and oxygen atoms in total. The quantitative estimate of drug-likeness (QED) is 0.583. The second-order valence-electron chi connectivity index (χ2n) is 5.98. The Hall–Kier alpha value is -3.73. The van der Waals surface area contributed by atoms with Crippen molar-refractivity contribution in [3.63, 3.8) is 0 Å². The van der Waals surface area contributed by atoms with E-state index in [1.807, 2.05) is 54.6 Å². The monoisotopic (exact) mass is 355 g/mol. The fraction of sp³-hybridized carbons (Fsp3) is 0.0455. The number of hydrogen-bond donors (Lipinski definition) is 1. The fourth-order valence-electron chi connectivity index (χ4n) is 2.88. The lowest BCUT2D eigenvalue weighted by atomic mass is 10.1. The number of carbonyl (C=O) groups is 1. The zero-order valence-electron chi connectivity index (χ0n) is 14.7. The molecule has 1 heterocycles. The van der Waals surface area contributed by atoms with Crippen LogP contribution in [0.25, 0.3) is 22.3 Å². The van der Waals surface area contributed by atoms with E-state index in [9.17, 15) is 4.79 Å². The normalized spacial score (nSPS) is 10.6. The summed E-state index contributed by atoms with van der Waals surface area (Å²) in [5, 5.41) is 2.91. The standard InChI is InChI=1S/C22H17N3O2/c1-27-21-12-5-2-9-17(21)22(26)24-16-8-6-7-15(13-16)20-14-23-18-10-3-4-11-19(18)25-20/h2-14H,1H3,(H,24,26). The highest BCUT2D eigenvalue weighted by Gasteiger charge is 2.12. The van der Waals surface area contributed by atoms with E-state index in [1.165, 1.54) is 0 Å². The van der Waals surface area contributed by atoms with Gasteiger partial charge >= 0.3 is 0 Å². The van der Waals surface area contributed by atoms with Gasteiger partial charge in [0, 0.05) is 11.3 Å². The van der Waals surface area contributed by atoms with E-state index in [2.05, 4.69) is 15.3 Å². The number of para-hydroxylation sites is 3. The number of aromatic nitrogens is 2. The van der Waals surface area contributed by atoms with Crippen LogP contribution in [0.5, 0.6) is 5.75 Å². The van der Waals surface area contributed by atoms with E-state index in [4.69, 9.17) is 4.74 Å². The van der Waals surface area contributed by atoms with Crippen molar-refractivity contribution >= 4 is 22.6 Å². The molecule has 0 bridgehead atoms. The molecule has 1 amide bonds. The van der Waals surface area contributed by atoms with Crippen LogP contribution >= 0.6 is 0 Å². The number of anilines is 1. The van der Waals surface area contributed by atoms with E-state index in [-0.39, 0.29) is 5.91 Å². The minimum absolute atomic E-state index is 0.228. The van der Waals surface area contributed by atoms with Crippen LogP contribution < -0.4 is 10.1 Å². The van der Waals surface area contributed by atoms with Crippen molar-refractivity contribution in [1.82, 2.24) is 9.97 Å². The Morgan fingerprint density at radius 1 is 0.926 bits per heavy atom. The van der Waals surface area contributed by atoms with E-state index >= 15 is 0 Å². The molecule has 0 unspecified atom stereocenters. The third kappa shape index (κ3) is 3.48. The molecule has 0 aliphatic heterocycles. The molecule has 4 rings (SSSR count). The van der Waals surface area contributed by atoms with Gasteiger partial charge in [-0.05, 0) is 36.4 Å². The largest absolute Gasteiger partial charge is 0.496 e. The highest BCUT2D eigenvalue weighted by molar-refractivity contribution is 6.06.